The first-order valence-electron chi connectivity index (χ1n) is 8.35. The smallest absolute Gasteiger partial charge is 0.337 e. The molecular formula is C19H20F3N3O. The molecule has 0 radical (unpaired) electrons. The molecule has 0 aliphatic carbocycles. The van der Waals surface area contributed by atoms with Gasteiger partial charge in [-0.25, -0.2) is 0 Å². The van der Waals surface area contributed by atoms with Crippen molar-refractivity contribution in [3.05, 3.63) is 53.9 Å². The van der Waals surface area contributed by atoms with E-state index in [1.807, 2.05) is 19.0 Å². The summed E-state index contributed by atoms with van der Waals surface area (Å²) in [6.45, 7) is 1.38. The summed E-state index contributed by atoms with van der Waals surface area (Å²) in [5.41, 5.74) is 0.808. The second kappa shape index (κ2) is 7.07. The van der Waals surface area contributed by atoms with E-state index in [2.05, 4.69) is 9.88 Å². The molecule has 138 valence electrons. The third-order valence-electron chi connectivity index (χ3n) is 4.68. The molecule has 1 fully saturated rings. The van der Waals surface area contributed by atoms with Gasteiger partial charge < -0.3 is 9.80 Å². The third-order valence-corrected chi connectivity index (χ3v) is 4.68. The summed E-state index contributed by atoms with van der Waals surface area (Å²) >= 11 is 0. The molecule has 26 heavy (non-hydrogen) atoms. The lowest BCUT2D eigenvalue weighted by atomic mass is 10.0. The Hall–Kier alpha value is -2.41. The highest BCUT2D eigenvalue weighted by atomic mass is 19.4. The number of likely N-dealkylation sites (N-methyl/N-ethyl adjacent to an activating group) is 1. The second-order valence-electron chi connectivity index (χ2n) is 6.67. The number of rotatable bonds is 3. The van der Waals surface area contributed by atoms with Crippen LogP contribution in [0.25, 0.3) is 11.1 Å². The number of carbonyl (C=O) groups is 1. The molecule has 1 aliphatic rings. The zero-order valence-electron chi connectivity index (χ0n) is 14.6. The van der Waals surface area contributed by atoms with E-state index in [1.54, 1.807) is 24.3 Å². The Balaban J connectivity index is 1.79. The van der Waals surface area contributed by atoms with Gasteiger partial charge in [0.05, 0.1) is 0 Å². The summed E-state index contributed by atoms with van der Waals surface area (Å²) in [7, 11) is 3.99. The van der Waals surface area contributed by atoms with Gasteiger partial charge in [-0.1, -0.05) is 18.2 Å². The number of likely N-dealkylation sites (tertiary alicyclic amines) is 1. The van der Waals surface area contributed by atoms with E-state index in [0.717, 1.165) is 12.5 Å². The summed E-state index contributed by atoms with van der Waals surface area (Å²) in [6, 6.07) is 9.60. The van der Waals surface area contributed by atoms with Crippen LogP contribution in [-0.2, 0) is 6.18 Å². The number of nitrogens with zero attached hydrogens (tertiary/aromatic N) is 3. The number of aromatic nitrogens is 1. The molecule has 0 unspecified atom stereocenters. The van der Waals surface area contributed by atoms with Crippen LogP contribution in [0.2, 0.25) is 0 Å². The predicted octanol–water partition coefficient (Wildman–Crippen LogP) is 3.54. The summed E-state index contributed by atoms with van der Waals surface area (Å²) in [4.78, 5) is 20.1. The quantitative estimate of drug-likeness (QED) is 0.837. The van der Waals surface area contributed by atoms with Crippen LogP contribution in [0.5, 0.6) is 0 Å². The van der Waals surface area contributed by atoms with Crippen LogP contribution in [-0.4, -0.2) is 53.9 Å². The van der Waals surface area contributed by atoms with E-state index >= 15 is 0 Å². The van der Waals surface area contributed by atoms with Crippen molar-refractivity contribution in [2.75, 3.05) is 27.2 Å². The SMILES string of the molecule is CN(C)[C@H]1CCN(C(=O)c2cccc(-c3ccc(C(F)(F)F)nc3)c2)C1. The summed E-state index contributed by atoms with van der Waals surface area (Å²) < 4.78 is 37.9. The summed E-state index contributed by atoms with van der Waals surface area (Å²) in [5, 5.41) is 0. The fourth-order valence-electron chi connectivity index (χ4n) is 3.09. The van der Waals surface area contributed by atoms with E-state index in [0.29, 0.717) is 35.8 Å². The first-order chi connectivity index (χ1) is 12.3. The molecule has 1 aliphatic heterocycles. The Morgan fingerprint density at radius 1 is 1.19 bits per heavy atom. The Labute approximate surface area is 150 Å². The Morgan fingerprint density at radius 2 is 1.96 bits per heavy atom. The van der Waals surface area contributed by atoms with Gasteiger partial charge in [0.1, 0.15) is 5.69 Å². The number of benzene rings is 1. The van der Waals surface area contributed by atoms with Gasteiger partial charge >= 0.3 is 6.18 Å². The van der Waals surface area contributed by atoms with Gasteiger partial charge in [0.15, 0.2) is 0 Å². The number of amides is 1. The van der Waals surface area contributed by atoms with E-state index in [9.17, 15) is 18.0 Å². The molecule has 2 aromatic rings. The fraction of sp³-hybridized carbons (Fsp3) is 0.368. The number of halogens is 3. The van der Waals surface area contributed by atoms with Crippen LogP contribution in [0.3, 0.4) is 0 Å². The van der Waals surface area contributed by atoms with Gasteiger partial charge in [-0.3, -0.25) is 9.78 Å². The maximum Gasteiger partial charge on any atom is 0.433 e. The standard InChI is InChI=1S/C19H20F3N3O/c1-24(2)16-8-9-25(12-16)18(26)14-5-3-4-13(10-14)15-6-7-17(23-11-15)19(20,21)22/h3-7,10-11,16H,8-9,12H2,1-2H3/t16-/m0/s1. The second-order valence-corrected chi connectivity index (χ2v) is 6.67. The van der Waals surface area contributed by atoms with Crippen molar-refractivity contribution in [3.8, 4) is 11.1 Å². The van der Waals surface area contributed by atoms with E-state index in [4.69, 9.17) is 0 Å². The topological polar surface area (TPSA) is 36.4 Å². The first kappa shape index (κ1) is 18.4. The molecule has 0 bridgehead atoms. The summed E-state index contributed by atoms with van der Waals surface area (Å²) in [6.07, 6.45) is -2.35. The lowest BCUT2D eigenvalue weighted by molar-refractivity contribution is -0.141. The number of hydrogen-bond donors (Lipinski definition) is 0. The number of hydrogen-bond acceptors (Lipinski definition) is 3. The van der Waals surface area contributed by atoms with Crippen molar-refractivity contribution in [2.24, 2.45) is 0 Å². The van der Waals surface area contributed by atoms with E-state index < -0.39 is 11.9 Å². The Kier molecular flexibility index (Phi) is 5.00. The third kappa shape index (κ3) is 3.88. The minimum atomic E-state index is -4.46. The van der Waals surface area contributed by atoms with Gasteiger partial charge in [-0.2, -0.15) is 13.2 Å². The average Bonchev–Trinajstić information content (AvgIpc) is 3.11. The molecule has 1 saturated heterocycles. The fourth-order valence-corrected chi connectivity index (χ4v) is 3.09. The van der Waals surface area contributed by atoms with Crippen LogP contribution in [0.1, 0.15) is 22.5 Å². The molecular weight excluding hydrogens is 343 g/mol. The monoisotopic (exact) mass is 363 g/mol. The summed E-state index contributed by atoms with van der Waals surface area (Å²) in [5.74, 6) is -0.0592. The van der Waals surface area contributed by atoms with Crippen LogP contribution in [0, 0.1) is 0 Å². The molecule has 1 aromatic carbocycles. The minimum Gasteiger partial charge on any atom is -0.337 e. The molecule has 0 saturated carbocycles. The number of pyridine rings is 1. The van der Waals surface area contributed by atoms with Crippen LogP contribution >= 0.6 is 0 Å². The van der Waals surface area contributed by atoms with Gasteiger partial charge in [-0.05, 0) is 44.3 Å². The molecule has 1 aromatic heterocycles. The zero-order valence-corrected chi connectivity index (χ0v) is 14.6. The first-order valence-corrected chi connectivity index (χ1v) is 8.35. The lowest BCUT2D eigenvalue weighted by Gasteiger charge is -2.20. The number of alkyl halides is 3. The molecule has 3 rings (SSSR count). The van der Waals surface area contributed by atoms with Gasteiger partial charge in [0, 0.05) is 36.5 Å². The Morgan fingerprint density at radius 3 is 2.54 bits per heavy atom. The largest absolute Gasteiger partial charge is 0.433 e. The van der Waals surface area contributed by atoms with Gasteiger partial charge in [0.25, 0.3) is 5.91 Å². The molecule has 0 spiro atoms. The van der Waals surface area contributed by atoms with Gasteiger partial charge in [-0.15, -0.1) is 0 Å². The number of carbonyl (C=O) groups excluding carboxylic acids is 1. The maximum absolute atomic E-state index is 12.7. The average molecular weight is 363 g/mol. The zero-order chi connectivity index (χ0) is 18.9. The highest BCUT2D eigenvalue weighted by Crippen LogP contribution is 2.29. The van der Waals surface area contributed by atoms with Crippen molar-refractivity contribution < 1.29 is 18.0 Å². The molecule has 0 N–H and O–H groups in total. The van der Waals surface area contributed by atoms with Crippen molar-refractivity contribution in [3.63, 3.8) is 0 Å². The highest BCUT2D eigenvalue weighted by molar-refractivity contribution is 5.95. The van der Waals surface area contributed by atoms with Crippen molar-refractivity contribution in [1.82, 2.24) is 14.8 Å². The van der Waals surface area contributed by atoms with E-state index in [1.165, 1.54) is 12.3 Å². The highest BCUT2D eigenvalue weighted by Gasteiger charge is 2.32. The van der Waals surface area contributed by atoms with Crippen LogP contribution in [0.4, 0.5) is 13.2 Å². The van der Waals surface area contributed by atoms with Crippen LogP contribution < -0.4 is 0 Å². The predicted molar refractivity (Wildman–Crippen MR) is 92.7 cm³/mol. The lowest BCUT2D eigenvalue weighted by Crippen LogP contribution is -2.34. The van der Waals surface area contributed by atoms with Crippen LogP contribution in [0.15, 0.2) is 42.6 Å². The van der Waals surface area contributed by atoms with Crippen molar-refractivity contribution in [1.29, 1.82) is 0 Å². The molecule has 1 atom stereocenters. The van der Waals surface area contributed by atoms with E-state index in [-0.39, 0.29) is 5.91 Å². The molecule has 7 heteroatoms. The van der Waals surface area contributed by atoms with Crippen molar-refractivity contribution in [2.45, 2.75) is 18.6 Å². The minimum absolute atomic E-state index is 0.0592. The van der Waals surface area contributed by atoms with Gasteiger partial charge in [0.2, 0.25) is 0 Å². The molecule has 4 nitrogen and oxygen atoms in total. The maximum atomic E-state index is 12.7. The normalized spacial score (nSPS) is 17.8. The molecule has 1 amide bonds. The molecule has 2 heterocycles. The van der Waals surface area contributed by atoms with Crippen molar-refractivity contribution >= 4 is 5.91 Å². The Bertz CT molecular complexity index is 787.